The van der Waals surface area contributed by atoms with Crippen LogP contribution >= 0.6 is 11.6 Å². The minimum atomic E-state index is -1.29. The molecule has 5 heteroatoms. The van der Waals surface area contributed by atoms with E-state index < -0.39 is 23.2 Å². The number of aliphatic carboxylic acids is 1. The van der Waals surface area contributed by atoms with Crippen LogP contribution < -0.4 is 0 Å². The number of carbonyl (C=O) groups is 1. The van der Waals surface area contributed by atoms with Gasteiger partial charge in [0.05, 0.1) is 5.02 Å². The van der Waals surface area contributed by atoms with Crippen molar-refractivity contribution in [3.05, 3.63) is 40.4 Å². The summed E-state index contributed by atoms with van der Waals surface area (Å²) in [6, 6.07) is 2.03. The lowest BCUT2D eigenvalue weighted by Gasteiger charge is -2.00. The minimum absolute atomic E-state index is 0.253. The van der Waals surface area contributed by atoms with Gasteiger partial charge in [-0.05, 0) is 18.2 Å². The fraction of sp³-hybridized carbons (Fsp3) is 0. The highest BCUT2D eigenvalue weighted by Crippen LogP contribution is 2.21. The summed E-state index contributed by atoms with van der Waals surface area (Å²) in [7, 11) is 0. The van der Waals surface area contributed by atoms with Gasteiger partial charge in [0.15, 0.2) is 5.82 Å². The van der Waals surface area contributed by atoms with Crippen LogP contribution in [0.1, 0.15) is 5.56 Å². The summed E-state index contributed by atoms with van der Waals surface area (Å²) in [5.74, 6) is -3.11. The fourth-order valence-corrected chi connectivity index (χ4v) is 1.01. The van der Waals surface area contributed by atoms with E-state index in [-0.39, 0.29) is 5.02 Å². The molecule has 1 N–H and O–H groups in total. The zero-order valence-corrected chi connectivity index (χ0v) is 7.55. The van der Waals surface area contributed by atoms with Gasteiger partial charge in [-0.2, -0.15) is 0 Å². The van der Waals surface area contributed by atoms with E-state index >= 15 is 0 Å². The van der Waals surface area contributed by atoms with E-state index in [1.54, 1.807) is 0 Å². The third-order valence-corrected chi connectivity index (χ3v) is 1.76. The number of carboxylic acid groups (broad SMARTS) is 1. The molecular weight excluding hydrogens is 214 g/mol. The molecule has 1 aromatic rings. The molecule has 0 aromatic heterocycles. The molecule has 0 amide bonds. The molecule has 0 heterocycles. The molecule has 0 saturated heterocycles. The molecule has 0 bridgehead atoms. The fourth-order valence-electron chi connectivity index (χ4n) is 0.850. The summed E-state index contributed by atoms with van der Waals surface area (Å²) < 4.78 is 26.0. The normalized spacial score (nSPS) is 10.8. The topological polar surface area (TPSA) is 37.3 Å². The minimum Gasteiger partial charge on any atom is -0.478 e. The first-order valence-electron chi connectivity index (χ1n) is 3.57. The zero-order valence-electron chi connectivity index (χ0n) is 6.80. The van der Waals surface area contributed by atoms with Crippen LogP contribution in [0.15, 0.2) is 18.2 Å². The van der Waals surface area contributed by atoms with Gasteiger partial charge < -0.3 is 5.11 Å². The van der Waals surface area contributed by atoms with Crippen molar-refractivity contribution < 1.29 is 18.7 Å². The number of rotatable bonds is 2. The molecule has 0 aliphatic carbocycles. The second-order valence-electron chi connectivity index (χ2n) is 2.43. The second-order valence-corrected chi connectivity index (χ2v) is 2.84. The number of halogens is 3. The summed E-state index contributed by atoms with van der Waals surface area (Å²) >= 11 is 5.38. The number of carboxylic acids is 1. The van der Waals surface area contributed by atoms with Crippen molar-refractivity contribution in [3.8, 4) is 0 Å². The van der Waals surface area contributed by atoms with E-state index in [0.29, 0.717) is 6.08 Å². The quantitative estimate of drug-likeness (QED) is 0.612. The van der Waals surface area contributed by atoms with E-state index in [4.69, 9.17) is 16.7 Å². The van der Waals surface area contributed by atoms with Crippen LogP contribution in [-0.4, -0.2) is 11.1 Å². The maximum atomic E-state index is 13.1. The highest BCUT2D eigenvalue weighted by Gasteiger charge is 2.09. The van der Waals surface area contributed by atoms with E-state index in [0.717, 1.165) is 18.2 Å². The number of hydrogen-bond acceptors (Lipinski definition) is 1. The van der Waals surface area contributed by atoms with Crippen molar-refractivity contribution in [2.45, 2.75) is 0 Å². The molecule has 0 saturated carbocycles. The third-order valence-electron chi connectivity index (χ3n) is 1.47. The Labute approximate surface area is 83.4 Å². The molecule has 1 aromatic carbocycles. The molecule has 14 heavy (non-hydrogen) atoms. The van der Waals surface area contributed by atoms with Crippen molar-refractivity contribution in [2.75, 3.05) is 0 Å². The molecule has 0 fully saturated rings. The van der Waals surface area contributed by atoms with Crippen LogP contribution in [0.3, 0.4) is 0 Å². The van der Waals surface area contributed by atoms with Crippen LogP contribution in [0.4, 0.5) is 8.78 Å². The smallest absolute Gasteiger partial charge is 0.328 e. The predicted molar refractivity (Wildman–Crippen MR) is 48.0 cm³/mol. The molecule has 0 aliphatic heterocycles. The molecule has 74 valence electrons. The lowest BCUT2D eigenvalue weighted by atomic mass is 10.2. The lowest BCUT2D eigenvalue weighted by molar-refractivity contribution is -0.131. The molecule has 0 aliphatic rings. The zero-order chi connectivity index (χ0) is 10.7. The summed E-state index contributed by atoms with van der Waals surface area (Å²) in [4.78, 5) is 10.1. The van der Waals surface area contributed by atoms with Crippen molar-refractivity contribution in [1.82, 2.24) is 0 Å². The molecular formula is C9H5ClF2O2. The molecule has 1 rings (SSSR count). The van der Waals surface area contributed by atoms with Gasteiger partial charge in [-0.25, -0.2) is 13.6 Å². The number of hydrogen-bond donors (Lipinski definition) is 1. The van der Waals surface area contributed by atoms with Crippen LogP contribution in [0, 0.1) is 11.6 Å². The van der Waals surface area contributed by atoms with Gasteiger partial charge in [-0.15, -0.1) is 0 Å². The summed E-state index contributed by atoms with van der Waals surface area (Å²) in [5.41, 5.74) is -0.458. The van der Waals surface area contributed by atoms with Crippen molar-refractivity contribution >= 4 is 23.6 Å². The van der Waals surface area contributed by atoms with Crippen LogP contribution in [0.25, 0.3) is 6.08 Å². The highest BCUT2D eigenvalue weighted by molar-refractivity contribution is 6.30. The molecule has 0 atom stereocenters. The molecule has 0 unspecified atom stereocenters. The summed E-state index contributed by atoms with van der Waals surface area (Å²) in [5, 5.41) is 8.01. The van der Waals surface area contributed by atoms with Gasteiger partial charge in [0.25, 0.3) is 0 Å². The molecule has 0 radical (unpaired) electrons. The Morgan fingerprint density at radius 2 is 2.07 bits per heavy atom. The maximum Gasteiger partial charge on any atom is 0.328 e. The van der Waals surface area contributed by atoms with Crippen molar-refractivity contribution in [3.63, 3.8) is 0 Å². The van der Waals surface area contributed by atoms with Crippen LogP contribution in [-0.2, 0) is 4.79 Å². The standard InChI is InChI=1S/C9H5ClF2O2/c10-6-2-3-7(11)5(9(6)12)1-4-8(13)14/h1-4H,(H,13,14). The van der Waals surface area contributed by atoms with E-state index in [1.165, 1.54) is 0 Å². The Hall–Kier alpha value is -1.42. The van der Waals surface area contributed by atoms with Gasteiger partial charge in [0.1, 0.15) is 5.82 Å². The third kappa shape index (κ3) is 2.29. The van der Waals surface area contributed by atoms with Gasteiger partial charge in [0.2, 0.25) is 0 Å². The van der Waals surface area contributed by atoms with Gasteiger partial charge in [-0.3, -0.25) is 0 Å². The highest BCUT2D eigenvalue weighted by atomic mass is 35.5. The number of benzene rings is 1. The molecule has 0 spiro atoms. The summed E-state index contributed by atoms with van der Waals surface area (Å²) in [6.45, 7) is 0. The Morgan fingerprint density at radius 1 is 1.43 bits per heavy atom. The van der Waals surface area contributed by atoms with E-state index in [1.807, 2.05) is 0 Å². The largest absolute Gasteiger partial charge is 0.478 e. The summed E-state index contributed by atoms with van der Waals surface area (Å²) in [6.07, 6.45) is 1.46. The first-order valence-corrected chi connectivity index (χ1v) is 3.94. The average Bonchev–Trinajstić information content (AvgIpc) is 2.11. The van der Waals surface area contributed by atoms with Gasteiger partial charge >= 0.3 is 5.97 Å². The lowest BCUT2D eigenvalue weighted by Crippen LogP contribution is -1.92. The monoisotopic (exact) mass is 218 g/mol. The first-order chi connectivity index (χ1) is 6.52. The Balaban J connectivity index is 3.19. The average molecular weight is 219 g/mol. The van der Waals surface area contributed by atoms with E-state index in [2.05, 4.69) is 0 Å². The Bertz CT molecular complexity index is 402. The van der Waals surface area contributed by atoms with Crippen molar-refractivity contribution in [1.29, 1.82) is 0 Å². The Morgan fingerprint density at radius 3 is 2.64 bits per heavy atom. The van der Waals surface area contributed by atoms with Gasteiger partial charge in [-0.1, -0.05) is 11.6 Å². The molecule has 2 nitrogen and oxygen atoms in total. The van der Waals surface area contributed by atoms with E-state index in [9.17, 15) is 13.6 Å². The van der Waals surface area contributed by atoms with Gasteiger partial charge in [0, 0.05) is 11.6 Å². The van der Waals surface area contributed by atoms with Crippen LogP contribution in [0.2, 0.25) is 5.02 Å². The SMILES string of the molecule is O=C(O)C=Cc1c(F)ccc(Cl)c1F. The van der Waals surface area contributed by atoms with Crippen LogP contribution in [0.5, 0.6) is 0 Å². The first kappa shape index (κ1) is 10.7. The predicted octanol–water partition coefficient (Wildman–Crippen LogP) is 2.72. The Kier molecular flexibility index (Phi) is 3.19. The maximum absolute atomic E-state index is 13.1. The van der Waals surface area contributed by atoms with Crippen molar-refractivity contribution in [2.24, 2.45) is 0 Å². The second kappa shape index (κ2) is 4.19.